The molecule has 0 aromatic carbocycles. The molecule has 0 rings (SSSR count). The Morgan fingerprint density at radius 1 is 1.42 bits per heavy atom. The van der Waals surface area contributed by atoms with Crippen molar-refractivity contribution in [1.82, 2.24) is 0 Å². The van der Waals surface area contributed by atoms with Crippen molar-refractivity contribution in [3.05, 3.63) is 12.7 Å². The summed E-state index contributed by atoms with van der Waals surface area (Å²) in [5, 5.41) is 0. The minimum atomic E-state index is 0.121. The zero-order chi connectivity index (χ0) is 9.45. The highest BCUT2D eigenvalue weighted by Gasteiger charge is 2.10. The molecule has 12 heavy (non-hydrogen) atoms. The second kappa shape index (κ2) is 5.89. The van der Waals surface area contributed by atoms with Crippen LogP contribution in [0.2, 0.25) is 0 Å². The minimum Gasteiger partial charge on any atom is -0.103 e. The van der Waals surface area contributed by atoms with Crippen molar-refractivity contribution in [2.75, 3.05) is 0 Å². The smallest absolute Gasteiger partial charge is 0.0292 e. The summed E-state index contributed by atoms with van der Waals surface area (Å²) in [4.78, 5) is 0. The maximum Gasteiger partial charge on any atom is 0.0292 e. The van der Waals surface area contributed by atoms with Gasteiger partial charge >= 0.3 is 0 Å². The SMILES string of the molecule is C=CCC(C)(C)C#CCCCC. The Kier molecular flexibility index (Phi) is 5.54. The predicted octanol–water partition coefficient (Wildman–Crippen LogP) is 3.78. The molecule has 68 valence electrons. The third-order valence-corrected chi connectivity index (χ3v) is 1.74. The largest absolute Gasteiger partial charge is 0.103 e. The van der Waals surface area contributed by atoms with Crippen molar-refractivity contribution in [2.24, 2.45) is 5.41 Å². The van der Waals surface area contributed by atoms with E-state index in [-0.39, 0.29) is 5.41 Å². The predicted molar refractivity (Wildman–Crippen MR) is 55.9 cm³/mol. The van der Waals surface area contributed by atoms with Crippen molar-refractivity contribution in [3.8, 4) is 11.8 Å². The molecule has 0 heteroatoms. The molecule has 0 amide bonds. The fourth-order valence-corrected chi connectivity index (χ4v) is 0.979. The molecular formula is C12H20. The van der Waals surface area contributed by atoms with Crippen LogP contribution in [0.15, 0.2) is 12.7 Å². The zero-order valence-electron chi connectivity index (χ0n) is 8.61. The number of hydrogen-bond donors (Lipinski definition) is 0. The molecule has 0 heterocycles. The molecule has 0 aliphatic heterocycles. The van der Waals surface area contributed by atoms with Crippen LogP contribution in [0.4, 0.5) is 0 Å². The highest BCUT2D eigenvalue weighted by atomic mass is 14.1. The van der Waals surface area contributed by atoms with Gasteiger partial charge < -0.3 is 0 Å². The first kappa shape index (κ1) is 11.3. The van der Waals surface area contributed by atoms with Gasteiger partial charge in [-0.15, -0.1) is 12.5 Å². The highest BCUT2D eigenvalue weighted by Crippen LogP contribution is 2.18. The molecule has 0 fully saturated rings. The molecule has 0 aliphatic rings. The lowest BCUT2D eigenvalue weighted by atomic mass is 9.90. The lowest BCUT2D eigenvalue weighted by molar-refractivity contribution is 0.512. The molecule has 0 radical (unpaired) electrons. The lowest BCUT2D eigenvalue weighted by Crippen LogP contribution is -2.05. The molecule has 0 N–H and O–H groups in total. The van der Waals surface area contributed by atoms with Crippen molar-refractivity contribution in [2.45, 2.75) is 46.5 Å². The summed E-state index contributed by atoms with van der Waals surface area (Å²) in [6, 6.07) is 0. The van der Waals surface area contributed by atoms with Crippen LogP contribution in [0, 0.1) is 17.3 Å². The summed E-state index contributed by atoms with van der Waals surface area (Å²) in [7, 11) is 0. The van der Waals surface area contributed by atoms with E-state index in [9.17, 15) is 0 Å². The molecular weight excluding hydrogens is 144 g/mol. The molecule has 0 aliphatic carbocycles. The summed E-state index contributed by atoms with van der Waals surface area (Å²) in [6.07, 6.45) is 6.41. The van der Waals surface area contributed by atoms with Gasteiger partial charge in [0.2, 0.25) is 0 Å². The summed E-state index contributed by atoms with van der Waals surface area (Å²) < 4.78 is 0. The summed E-state index contributed by atoms with van der Waals surface area (Å²) >= 11 is 0. The van der Waals surface area contributed by atoms with Crippen LogP contribution >= 0.6 is 0 Å². The molecule has 0 saturated heterocycles. The summed E-state index contributed by atoms with van der Waals surface area (Å²) in [5.74, 6) is 6.49. The summed E-state index contributed by atoms with van der Waals surface area (Å²) in [5.41, 5.74) is 0.121. The minimum absolute atomic E-state index is 0.121. The first-order chi connectivity index (χ1) is 5.62. The average Bonchev–Trinajstić information content (AvgIpc) is 1.98. The van der Waals surface area contributed by atoms with Crippen LogP contribution in [-0.4, -0.2) is 0 Å². The Bertz CT molecular complexity index is 176. The molecule has 0 nitrogen and oxygen atoms in total. The van der Waals surface area contributed by atoms with Crippen molar-refractivity contribution in [3.63, 3.8) is 0 Å². The Labute approximate surface area is 77.1 Å². The second-order valence-corrected chi connectivity index (χ2v) is 3.78. The van der Waals surface area contributed by atoms with E-state index < -0.39 is 0 Å². The molecule has 0 aromatic heterocycles. The first-order valence-electron chi connectivity index (χ1n) is 4.73. The summed E-state index contributed by atoms with van der Waals surface area (Å²) in [6.45, 7) is 10.2. The fourth-order valence-electron chi connectivity index (χ4n) is 0.979. The van der Waals surface area contributed by atoms with E-state index in [0.29, 0.717) is 0 Å². The number of allylic oxidation sites excluding steroid dienone is 1. The highest BCUT2D eigenvalue weighted by molar-refractivity contribution is 5.10. The van der Waals surface area contributed by atoms with Gasteiger partial charge in [0.15, 0.2) is 0 Å². The van der Waals surface area contributed by atoms with E-state index in [0.717, 1.165) is 12.8 Å². The van der Waals surface area contributed by atoms with E-state index in [1.807, 2.05) is 6.08 Å². The van der Waals surface area contributed by atoms with E-state index in [1.165, 1.54) is 12.8 Å². The second-order valence-electron chi connectivity index (χ2n) is 3.78. The quantitative estimate of drug-likeness (QED) is 0.337. The molecule has 0 bridgehead atoms. The van der Waals surface area contributed by atoms with Crippen molar-refractivity contribution >= 4 is 0 Å². The van der Waals surface area contributed by atoms with Gasteiger partial charge in [0, 0.05) is 11.8 Å². The molecule has 0 spiro atoms. The number of hydrogen-bond acceptors (Lipinski definition) is 0. The van der Waals surface area contributed by atoms with Gasteiger partial charge in [0.25, 0.3) is 0 Å². The fraction of sp³-hybridized carbons (Fsp3) is 0.667. The topological polar surface area (TPSA) is 0 Å². The van der Waals surface area contributed by atoms with E-state index in [1.54, 1.807) is 0 Å². The van der Waals surface area contributed by atoms with E-state index >= 15 is 0 Å². The Morgan fingerprint density at radius 2 is 2.08 bits per heavy atom. The Balaban J connectivity index is 3.82. The van der Waals surface area contributed by atoms with E-state index in [4.69, 9.17) is 0 Å². The van der Waals surface area contributed by atoms with E-state index in [2.05, 4.69) is 39.2 Å². The zero-order valence-corrected chi connectivity index (χ0v) is 8.61. The van der Waals surface area contributed by atoms with Crippen LogP contribution in [0.3, 0.4) is 0 Å². The normalized spacial score (nSPS) is 10.2. The van der Waals surface area contributed by atoms with Crippen LogP contribution in [0.25, 0.3) is 0 Å². The van der Waals surface area contributed by atoms with Gasteiger partial charge in [-0.3, -0.25) is 0 Å². The maximum atomic E-state index is 3.72. The molecule has 0 atom stereocenters. The van der Waals surface area contributed by atoms with Gasteiger partial charge in [0.05, 0.1) is 0 Å². The molecule has 0 saturated carbocycles. The van der Waals surface area contributed by atoms with Crippen LogP contribution in [0.5, 0.6) is 0 Å². The van der Waals surface area contributed by atoms with Gasteiger partial charge in [0.1, 0.15) is 0 Å². The molecule has 0 aromatic rings. The van der Waals surface area contributed by atoms with Gasteiger partial charge in [-0.05, 0) is 26.7 Å². The average molecular weight is 164 g/mol. The maximum absolute atomic E-state index is 3.72. The first-order valence-corrected chi connectivity index (χ1v) is 4.73. The Morgan fingerprint density at radius 3 is 2.58 bits per heavy atom. The van der Waals surface area contributed by atoms with Crippen molar-refractivity contribution < 1.29 is 0 Å². The van der Waals surface area contributed by atoms with Gasteiger partial charge in [-0.1, -0.05) is 25.3 Å². The van der Waals surface area contributed by atoms with Crippen LogP contribution in [0.1, 0.15) is 46.5 Å². The third kappa shape index (κ3) is 6.04. The molecule has 0 unspecified atom stereocenters. The number of rotatable bonds is 4. The standard InChI is InChI=1S/C12H20/c1-5-7-8-9-11-12(3,4)10-6-2/h6H,2,5,7-8,10H2,1,3-4H3. The van der Waals surface area contributed by atoms with Gasteiger partial charge in [-0.2, -0.15) is 0 Å². The third-order valence-electron chi connectivity index (χ3n) is 1.74. The van der Waals surface area contributed by atoms with Crippen molar-refractivity contribution in [1.29, 1.82) is 0 Å². The van der Waals surface area contributed by atoms with Crippen LogP contribution < -0.4 is 0 Å². The number of unbranched alkanes of at least 4 members (excludes halogenated alkanes) is 2. The Hall–Kier alpha value is -0.700. The van der Waals surface area contributed by atoms with Crippen LogP contribution in [-0.2, 0) is 0 Å². The monoisotopic (exact) mass is 164 g/mol. The van der Waals surface area contributed by atoms with Gasteiger partial charge in [-0.25, -0.2) is 0 Å². The lowest BCUT2D eigenvalue weighted by Gasteiger charge is -2.13.